The number of aryl methyl sites for hydroxylation is 1. The second-order valence-electron chi connectivity index (χ2n) is 9.87. The molecule has 4 bridgehead atoms. The van der Waals surface area contributed by atoms with Gasteiger partial charge in [0.2, 0.25) is 0 Å². The van der Waals surface area contributed by atoms with E-state index in [2.05, 4.69) is 19.1 Å². The zero-order valence-corrected chi connectivity index (χ0v) is 16.2. The molecule has 1 aromatic rings. The Balaban J connectivity index is 1.38. The smallest absolute Gasteiger partial charge is 0.165 e. The molecular formula is C23H30O4. The van der Waals surface area contributed by atoms with E-state index < -0.39 is 0 Å². The maximum atomic E-state index is 6.40. The molecule has 0 aromatic heterocycles. The second-order valence-corrected chi connectivity index (χ2v) is 9.87. The van der Waals surface area contributed by atoms with E-state index in [1.807, 2.05) is 0 Å². The van der Waals surface area contributed by atoms with Crippen LogP contribution in [0, 0.1) is 24.7 Å². The van der Waals surface area contributed by atoms with Gasteiger partial charge in [-0.15, -0.1) is 0 Å². The predicted octanol–water partition coefficient (Wildman–Crippen LogP) is 4.02. The molecule has 2 saturated heterocycles. The predicted molar refractivity (Wildman–Crippen MR) is 101 cm³/mol. The first-order valence-corrected chi connectivity index (χ1v) is 10.8. The van der Waals surface area contributed by atoms with Crippen molar-refractivity contribution in [1.29, 1.82) is 0 Å². The van der Waals surface area contributed by atoms with E-state index in [-0.39, 0.29) is 12.2 Å². The molecule has 146 valence electrons. The highest BCUT2D eigenvalue weighted by molar-refractivity contribution is 5.53. The lowest BCUT2D eigenvalue weighted by molar-refractivity contribution is -0.00666. The number of rotatable bonds is 7. The van der Waals surface area contributed by atoms with Gasteiger partial charge in [0.05, 0.1) is 13.2 Å². The Morgan fingerprint density at radius 3 is 2.00 bits per heavy atom. The van der Waals surface area contributed by atoms with Crippen LogP contribution in [0.3, 0.4) is 0 Å². The van der Waals surface area contributed by atoms with Gasteiger partial charge in [-0.1, -0.05) is 6.07 Å². The van der Waals surface area contributed by atoms with Gasteiger partial charge in [-0.25, -0.2) is 0 Å². The molecule has 4 saturated carbocycles. The van der Waals surface area contributed by atoms with Gasteiger partial charge < -0.3 is 18.9 Å². The van der Waals surface area contributed by atoms with Crippen molar-refractivity contribution in [2.75, 3.05) is 26.4 Å². The molecule has 2 aliphatic heterocycles. The van der Waals surface area contributed by atoms with Gasteiger partial charge in [-0.2, -0.15) is 0 Å². The fourth-order valence-corrected chi connectivity index (χ4v) is 6.52. The van der Waals surface area contributed by atoms with E-state index in [0.717, 1.165) is 42.5 Å². The normalized spacial score (nSPS) is 40.9. The van der Waals surface area contributed by atoms with Gasteiger partial charge in [-0.3, -0.25) is 0 Å². The third kappa shape index (κ3) is 3.15. The molecule has 2 heterocycles. The Morgan fingerprint density at radius 2 is 1.44 bits per heavy atom. The molecule has 0 N–H and O–H groups in total. The van der Waals surface area contributed by atoms with Crippen LogP contribution < -0.4 is 9.47 Å². The van der Waals surface area contributed by atoms with Crippen molar-refractivity contribution < 1.29 is 18.9 Å². The molecule has 6 aliphatic rings. The van der Waals surface area contributed by atoms with E-state index in [9.17, 15) is 0 Å². The van der Waals surface area contributed by atoms with Crippen LogP contribution in [0.15, 0.2) is 12.1 Å². The average Bonchev–Trinajstić information content (AvgIpc) is 3.52. The monoisotopic (exact) mass is 370 g/mol. The molecule has 0 spiro atoms. The van der Waals surface area contributed by atoms with Crippen LogP contribution in [0.2, 0.25) is 0 Å². The van der Waals surface area contributed by atoms with E-state index in [1.165, 1.54) is 49.7 Å². The molecule has 2 atom stereocenters. The quantitative estimate of drug-likeness (QED) is 0.680. The van der Waals surface area contributed by atoms with Crippen molar-refractivity contribution >= 4 is 0 Å². The summed E-state index contributed by atoms with van der Waals surface area (Å²) in [5.74, 6) is 4.66. The van der Waals surface area contributed by atoms with Gasteiger partial charge >= 0.3 is 0 Å². The van der Waals surface area contributed by atoms with Gasteiger partial charge in [0.25, 0.3) is 0 Å². The van der Waals surface area contributed by atoms with Crippen molar-refractivity contribution in [1.82, 2.24) is 0 Å². The van der Waals surface area contributed by atoms with Gasteiger partial charge in [0.15, 0.2) is 11.5 Å². The highest BCUT2D eigenvalue weighted by Crippen LogP contribution is 2.62. The molecule has 0 amide bonds. The highest BCUT2D eigenvalue weighted by Gasteiger charge is 2.53. The number of ether oxygens (including phenoxy) is 4. The number of benzene rings is 1. The summed E-state index contributed by atoms with van der Waals surface area (Å²) < 4.78 is 23.4. The van der Waals surface area contributed by atoms with Crippen LogP contribution in [-0.2, 0) is 14.9 Å². The summed E-state index contributed by atoms with van der Waals surface area (Å²) in [6.45, 7) is 5.10. The van der Waals surface area contributed by atoms with Crippen LogP contribution in [0.4, 0.5) is 0 Å². The third-order valence-corrected chi connectivity index (χ3v) is 7.45. The molecule has 4 nitrogen and oxygen atoms in total. The van der Waals surface area contributed by atoms with Gasteiger partial charge in [0.1, 0.15) is 25.4 Å². The van der Waals surface area contributed by atoms with Crippen molar-refractivity contribution in [3.8, 4) is 11.5 Å². The SMILES string of the molecule is Cc1cc(OCC2CO2)c(OCC2CO2)c(C23CC4CC(CC(C4)C2)C3)c1. The third-order valence-electron chi connectivity index (χ3n) is 7.45. The Morgan fingerprint density at radius 1 is 0.889 bits per heavy atom. The average molecular weight is 370 g/mol. The van der Waals surface area contributed by atoms with E-state index in [0.29, 0.717) is 18.6 Å². The summed E-state index contributed by atoms with van der Waals surface area (Å²) in [4.78, 5) is 0. The zero-order valence-electron chi connectivity index (χ0n) is 16.2. The van der Waals surface area contributed by atoms with E-state index in [4.69, 9.17) is 18.9 Å². The van der Waals surface area contributed by atoms with Gasteiger partial charge in [0, 0.05) is 5.56 Å². The summed E-state index contributed by atoms with van der Waals surface area (Å²) in [6.07, 6.45) is 8.90. The van der Waals surface area contributed by atoms with Crippen LogP contribution in [0.25, 0.3) is 0 Å². The Bertz CT molecular complexity index is 699. The molecular weight excluding hydrogens is 340 g/mol. The van der Waals surface area contributed by atoms with Crippen LogP contribution in [-0.4, -0.2) is 38.6 Å². The molecule has 4 aliphatic carbocycles. The Labute approximate surface area is 161 Å². The molecule has 7 rings (SSSR count). The maximum absolute atomic E-state index is 6.40. The molecule has 1 aromatic carbocycles. The minimum Gasteiger partial charge on any atom is -0.487 e. The topological polar surface area (TPSA) is 43.5 Å². The minimum absolute atomic E-state index is 0.258. The van der Waals surface area contributed by atoms with Crippen molar-refractivity contribution in [2.45, 2.75) is 63.1 Å². The Hall–Kier alpha value is -1.26. The molecule has 2 unspecified atom stereocenters. The van der Waals surface area contributed by atoms with Crippen LogP contribution in [0.5, 0.6) is 11.5 Å². The molecule has 4 heteroatoms. The first-order valence-electron chi connectivity index (χ1n) is 10.8. The van der Waals surface area contributed by atoms with Crippen LogP contribution >= 0.6 is 0 Å². The van der Waals surface area contributed by atoms with Crippen LogP contribution in [0.1, 0.15) is 49.7 Å². The lowest BCUT2D eigenvalue weighted by atomic mass is 9.48. The van der Waals surface area contributed by atoms with Crippen molar-refractivity contribution in [3.05, 3.63) is 23.3 Å². The summed E-state index contributed by atoms with van der Waals surface area (Å²) in [7, 11) is 0. The summed E-state index contributed by atoms with van der Waals surface area (Å²) in [5.41, 5.74) is 3.01. The van der Waals surface area contributed by atoms with Gasteiger partial charge in [-0.05, 0) is 80.2 Å². The molecule has 6 fully saturated rings. The largest absolute Gasteiger partial charge is 0.487 e. The first kappa shape index (κ1) is 16.7. The standard InChI is InChI=1S/C23H30O4/c1-14-2-20(23-7-15-4-16(8-23)6-17(5-15)9-23)22(27-13-19-11-25-19)21(3-14)26-12-18-10-24-18/h2-3,15-19H,4-13H2,1H3. The summed E-state index contributed by atoms with van der Waals surface area (Å²) in [6, 6.07) is 4.55. The summed E-state index contributed by atoms with van der Waals surface area (Å²) in [5, 5.41) is 0. The van der Waals surface area contributed by atoms with E-state index >= 15 is 0 Å². The minimum atomic E-state index is 0.258. The first-order chi connectivity index (χ1) is 13.2. The molecule has 27 heavy (non-hydrogen) atoms. The van der Waals surface area contributed by atoms with Crippen molar-refractivity contribution in [2.24, 2.45) is 17.8 Å². The Kier molecular flexibility index (Phi) is 3.78. The fourth-order valence-electron chi connectivity index (χ4n) is 6.52. The lowest BCUT2D eigenvalue weighted by Crippen LogP contribution is -2.48. The lowest BCUT2D eigenvalue weighted by Gasteiger charge is -2.57. The fraction of sp³-hybridized carbons (Fsp3) is 0.739. The number of epoxide rings is 2. The number of hydrogen-bond acceptors (Lipinski definition) is 4. The summed E-state index contributed by atoms with van der Waals surface area (Å²) >= 11 is 0. The number of hydrogen-bond donors (Lipinski definition) is 0. The van der Waals surface area contributed by atoms with Crippen molar-refractivity contribution in [3.63, 3.8) is 0 Å². The highest BCUT2D eigenvalue weighted by atomic mass is 16.6. The van der Waals surface area contributed by atoms with E-state index in [1.54, 1.807) is 0 Å². The zero-order chi connectivity index (χ0) is 18.0. The second kappa shape index (κ2) is 6.12. The molecule has 0 radical (unpaired) electrons. The maximum Gasteiger partial charge on any atom is 0.165 e.